The molecule has 0 saturated carbocycles. The van der Waals surface area contributed by atoms with Gasteiger partial charge in [-0.05, 0) is 49.2 Å². The maximum absolute atomic E-state index is 12.1. The van der Waals surface area contributed by atoms with Gasteiger partial charge in [-0.1, -0.05) is 6.92 Å². The third-order valence-electron chi connectivity index (χ3n) is 2.84. The van der Waals surface area contributed by atoms with Crippen molar-refractivity contribution in [2.24, 2.45) is 0 Å². The molecule has 19 heavy (non-hydrogen) atoms. The molecular weight excluding hydrogens is 256 g/mol. The zero-order chi connectivity index (χ0) is 13.8. The summed E-state index contributed by atoms with van der Waals surface area (Å²) in [5, 5.41) is 11.5. The van der Waals surface area contributed by atoms with Crippen LogP contribution in [0.2, 0.25) is 0 Å². The summed E-state index contributed by atoms with van der Waals surface area (Å²) in [6, 6.07) is 10.8. The fraction of sp³-hybridized carbons (Fsp3) is 0.200. The number of nitrogens with zero attached hydrogens (tertiary/aromatic N) is 1. The van der Waals surface area contributed by atoms with Crippen molar-refractivity contribution in [3.8, 4) is 6.07 Å². The molecule has 1 heterocycles. The lowest BCUT2D eigenvalue weighted by Crippen LogP contribution is -2.09. The van der Waals surface area contributed by atoms with Gasteiger partial charge in [0.05, 0.1) is 16.5 Å². The second-order valence-corrected chi connectivity index (χ2v) is 5.35. The molecule has 0 radical (unpaired) electrons. The number of thiophene rings is 1. The lowest BCUT2D eigenvalue weighted by atomic mass is 10.2. The predicted octanol–water partition coefficient (Wildman–Crippen LogP) is 3.74. The number of amides is 1. The Morgan fingerprint density at radius 2 is 2.05 bits per heavy atom. The van der Waals surface area contributed by atoms with Gasteiger partial charge in [-0.2, -0.15) is 5.26 Å². The topological polar surface area (TPSA) is 52.9 Å². The Balaban J connectivity index is 2.13. The first kappa shape index (κ1) is 13.3. The molecule has 0 aliphatic rings. The maximum atomic E-state index is 12.1. The molecular formula is C15H14N2OS. The molecule has 2 rings (SSSR count). The van der Waals surface area contributed by atoms with Crippen molar-refractivity contribution < 1.29 is 4.79 Å². The summed E-state index contributed by atoms with van der Waals surface area (Å²) in [5.74, 6) is -0.0995. The molecule has 0 aliphatic carbocycles. The van der Waals surface area contributed by atoms with Crippen LogP contribution < -0.4 is 5.32 Å². The third kappa shape index (κ3) is 3.01. The van der Waals surface area contributed by atoms with Crippen LogP contribution in [0.5, 0.6) is 0 Å². The molecule has 0 bridgehead atoms. The standard InChI is InChI=1S/C15H14N2OS/c1-3-13-10(2)8-14(19-13)15(18)17-12-6-4-11(9-16)5-7-12/h4-8H,3H2,1-2H3,(H,17,18). The summed E-state index contributed by atoms with van der Waals surface area (Å²) in [6.07, 6.45) is 0.945. The van der Waals surface area contributed by atoms with Crippen LogP contribution in [0.1, 0.15) is 32.6 Å². The van der Waals surface area contributed by atoms with E-state index in [4.69, 9.17) is 5.26 Å². The molecule has 0 saturated heterocycles. The molecule has 0 atom stereocenters. The van der Waals surface area contributed by atoms with Crippen molar-refractivity contribution >= 4 is 22.9 Å². The van der Waals surface area contributed by atoms with E-state index in [9.17, 15) is 4.79 Å². The van der Waals surface area contributed by atoms with Crippen LogP contribution in [0.15, 0.2) is 30.3 Å². The highest BCUT2D eigenvalue weighted by molar-refractivity contribution is 7.14. The van der Waals surface area contributed by atoms with E-state index < -0.39 is 0 Å². The molecule has 1 amide bonds. The van der Waals surface area contributed by atoms with Crippen molar-refractivity contribution in [1.29, 1.82) is 5.26 Å². The smallest absolute Gasteiger partial charge is 0.265 e. The van der Waals surface area contributed by atoms with E-state index in [0.29, 0.717) is 11.3 Å². The van der Waals surface area contributed by atoms with Crippen LogP contribution in [0, 0.1) is 18.3 Å². The largest absolute Gasteiger partial charge is 0.321 e. The molecule has 1 aromatic carbocycles. The zero-order valence-corrected chi connectivity index (χ0v) is 11.7. The second kappa shape index (κ2) is 5.68. The van der Waals surface area contributed by atoms with Crippen LogP contribution in [0.25, 0.3) is 0 Å². The van der Waals surface area contributed by atoms with Crippen molar-refractivity contribution in [2.45, 2.75) is 20.3 Å². The molecule has 0 spiro atoms. The number of carbonyl (C=O) groups is 1. The highest BCUT2D eigenvalue weighted by Crippen LogP contribution is 2.23. The van der Waals surface area contributed by atoms with Crippen LogP contribution in [0.3, 0.4) is 0 Å². The molecule has 4 heteroatoms. The number of aryl methyl sites for hydroxylation is 2. The van der Waals surface area contributed by atoms with E-state index in [0.717, 1.165) is 16.9 Å². The monoisotopic (exact) mass is 270 g/mol. The van der Waals surface area contributed by atoms with E-state index in [1.165, 1.54) is 16.2 Å². The Bertz CT molecular complexity index is 635. The Morgan fingerprint density at radius 3 is 2.58 bits per heavy atom. The van der Waals surface area contributed by atoms with Gasteiger partial charge in [0.15, 0.2) is 0 Å². The minimum Gasteiger partial charge on any atom is -0.321 e. The summed E-state index contributed by atoms with van der Waals surface area (Å²) < 4.78 is 0. The van der Waals surface area contributed by atoms with Gasteiger partial charge in [0.25, 0.3) is 5.91 Å². The normalized spacial score (nSPS) is 9.95. The number of hydrogen-bond donors (Lipinski definition) is 1. The molecule has 0 aliphatic heterocycles. The number of nitrogens with one attached hydrogen (secondary N) is 1. The SMILES string of the molecule is CCc1sc(C(=O)Nc2ccc(C#N)cc2)cc1C. The Kier molecular flexibility index (Phi) is 3.98. The van der Waals surface area contributed by atoms with Gasteiger partial charge in [0.1, 0.15) is 0 Å². The van der Waals surface area contributed by atoms with Crippen LogP contribution in [-0.4, -0.2) is 5.91 Å². The van der Waals surface area contributed by atoms with Gasteiger partial charge in [-0.25, -0.2) is 0 Å². The average Bonchev–Trinajstić information content (AvgIpc) is 2.81. The minimum atomic E-state index is -0.0995. The van der Waals surface area contributed by atoms with E-state index >= 15 is 0 Å². The van der Waals surface area contributed by atoms with Gasteiger partial charge in [-0.3, -0.25) is 4.79 Å². The van der Waals surface area contributed by atoms with Gasteiger partial charge in [0.2, 0.25) is 0 Å². The number of carbonyl (C=O) groups excluding carboxylic acids is 1. The van der Waals surface area contributed by atoms with Gasteiger partial charge >= 0.3 is 0 Å². The van der Waals surface area contributed by atoms with Crippen molar-refractivity contribution in [2.75, 3.05) is 5.32 Å². The quantitative estimate of drug-likeness (QED) is 0.923. The molecule has 0 unspecified atom stereocenters. The predicted molar refractivity (Wildman–Crippen MR) is 77.5 cm³/mol. The highest BCUT2D eigenvalue weighted by atomic mass is 32.1. The minimum absolute atomic E-state index is 0.0995. The van der Waals surface area contributed by atoms with Crippen LogP contribution in [-0.2, 0) is 6.42 Å². The lowest BCUT2D eigenvalue weighted by molar-refractivity contribution is 0.103. The number of nitriles is 1. The van der Waals surface area contributed by atoms with Gasteiger partial charge in [-0.15, -0.1) is 11.3 Å². The summed E-state index contributed by atoms with van der Waals surface area (Å²) >= 11 is 1.53. The number of hydrogen-bond acceptors (Lipinski definition) is 3. The molecule has 2 aromatic rings. The first-order valence-electron chi connectivity index (χ1n) is 6.05. The summed E-state index contributed by atoms with van der Waals surface area (Å²) in [5.41, 5.74) is 2.45. The van der Waals surface area contributed by atoms with E-state index in [1.54, 1.807) is 24.3 Å². The molecule has 1 N–H and O–H groups in total. The van der Waals surface area contributed by atoms with Crippen molar-refractivity contribution in [1.82, 2.24) is 0 Å². The molecule has 0 fully saturated rings. The van der Waals surface area contributed by atoms with Gasteiger partial charge < -0.3 is 5.32 Å². The van der Waals surface area contributed by atoms with E-state index in [1.807, 2.05) is 19.1 Å². The fourth-order valence-electron chi connectivity index (χ4n) is 1.80. The number of benzene rings is 1. The Morgan fingerprint density at radius 1 is 1.37 bits per heavy atom. The maximum Gasteiger partial charge on any atom is 0.265 e. The first-order valence-corrected chi connectivity index (χ1v) is 6.86. The first-order chi connectivity index (χ1) is 9.13. The van der Waals surface area contributed by atoms with Crippen LogP contribution in [0.4, 0.5) is 5.69 Å². The zero-order valence-electron chi connectivity index (χ0n) is 10.9. The Hall–Kier alpha value is -2.12. The summed E-state index contributed by atoms with van der Waals surface area (Å²) in [7, 11) is 0. The number of anilines is 1. The van der Waals surface area contributed by atoms with Crippen molar-refractivity contribution in [3.05, 3.63) is 51.2 Å². The average molecular weight is 270 g/mol. The summed E-state index contributed by atoms with van der Waals surface area (Å²) in [4.78, 5) is 14.0. The fourth-order valence-corrected chi connectivity index (χ4v) is 2.81. The third-order valence-corrected chi connectivity index (χ3v) is 4.22. The number of rotatable bonds is 3. The van der Waals surface area contributed by atoms with E-state index in [-0.39, 0.29) is 5.91 Å². The van der Waals surface area contributed by atoms with Crippen molar-refractivity contribution in [3.63, 3.8) is 0 Å². The molecule has 1 aromatic heterocycles. The van der Waals surface area contributed by atoms with Crippen LogP contribution >= 0.6 is 11.3 Å². The van der Waals surface area contributed by atoms with E-state index in [2.05, 4.69) is 12.2 Å². The molecule has 3 nitrogen and oxygen atoms in total. The molecule has 96 valence electrons. The highest BCUT2D eigenvalue weighted by Gasteiger charge is 2.11. The summed E-state index contributed by atoms with van der Waals surface area (Å²) in [6.45, 7) is 4.11. The lowest BCUT2D eigenvalue weighted by Gasteiger charge is -2.02. The second-order valence-electron chi connectivity index (χ2n) is 4.21. The Labute approximate surface area is 116 Å². The van der Waals surface area contributed by atoms with Gasteiger partial charge in [0, 0.05) is 10.6 Å².